The summed E-state index contributed by atoms with van der Waals surface area (Å²) in [5.41, 5.74) is -1.64. The van der Waals surface area contributed by atoms with Crippen molar-refractivity contribution in [3.8, 4) is 16.9 Å². The first kappa shape index (κ1) is 24.9. The van der Waals surface area contributed by atoms with Crippen molar-refractivity contribution >= 4 is 0 Å². The van der Waals surface area contributed by atoms with Gasteiger partial charge in [-0.2, -0.15) is 26.3 Å². The number of hydrogen-bond donors (Lipinski definition) is 1. The van der Waals surface area contributed by atoms with Gasteiger partial charge in [-0.15, -0.1) is 4.74 Å². The van der Waals surface area contributed by atoms with E-state index < -0.39 is 41.5 Å². The Labute approximate surface area is 198 Å². The van der Waals surface area contributed by atoms with Crippen molar-refractivity contribution in [2.75, 3.05) is 0 Å². The van der Waals surface area contributed by atoms with Gasteiger partial charge in [0.05, 0.1) is 17.7 Å². The zero-order valence-electron chi connectivity index (χ0n) is 18.1. The fraction of sp³-hybridized carbons (Fsp3) is 0.167. The van der Waals surface area contributed by atoms with E-state index in [1.807, 2.05) is 4.98 Å². The van der Waals surface area contributed by atoms with Crippen molar-refractivity contribution in [3.63, 3.8) is 0 Å². The molecule has 6 nitrogen and oxygen atoms in total. The topological polar surface area (TPSA) is 77.2 Å². The first-order valence-corrected chi connectivity index (χ1v) is 10.3. The normalized spacial score (nSPS) is 12.1. The number of nitrogens with zero attached hydrogens (tertiary/aromatic N) is 1. The van der Waals surface area contributed by atoms with Gasteiger partial charge in [-0.25, -0.2) is 14.6 Å². The number of halogens is 6. The zero-order valence-corrected chi connectivity index (χ0v) is 18.1. The summed E-state index contributed by atoms with van der Waals surface area (Å²) in [6, 6.07) is 14.7. The summed E-state index contributed by atoms with van der Waals surface area (Å²) >= 11 is 0. The summed E-state index contributed by atoms with van der Waals surface area (Å²) in [4.78, 5) is 24.7. The van der Waals surface area contributed by atoms with Crippen LogP contribution in [0.5, 0.6) is 5.75 Å². The van der Waals surface area contributed by atoms with Crippen LogP contribution in [-0.4, -0.2) is 9.72 Å². The quantitative estimate of drug-likeness (QED) is 0.350. The van der Waals surface area contributed by atoms with E-state index in [0.29, 0.717) is 17.7 Å². The number of benzene rings is 3. The Balaban J connectivity index is 1.49. The van der Waals surface area contributed by atoms with Crippen LogP contribution in [-0.2, 0) is 25.5 Å². The van der Waals surface area contributed by atoms with Gasteiger partial charge >= 0.3 is 23.8 Å². The monoisotopic (exact) mass is 510 g/mol. The maximum atomic E-state index is 13.0. The van der Waals surface area contributed by atoms with Crippen molar-refractivity contribution in [2.45, 2.75) is 25.5 Å². The highest BCUT2D eigenvalue weighted by Gasteiger charge is 2.36. The zero-order chi connectivity index (χ0) is 26.1. The van der Waals surface area contributed by atoms with E-state index in [4.69, 9.17) is 9.26 Å². The van der Waals surface area contributed by atoms with Crippen LogP contribution >= 0.6 is 0 Å². The highest BCUT2D eigenvalue weighted by atomic mass is 19.4. The smallest absolute Gasteiger partial charge is 0.440 e. The molecule has 0 atom stereocenters. The van der Waals surface area contributed by atoms with Crippen molar-refractivity contribution in [1.82, 2.24) is 9.72 Å². The van der Waals surface area contributed by atoms with Crippen LogP contribution < -0.4 is 16.2 Å². The molecule has 0 fully saturated rings. The van der Waals surface area contributed by atoms with Crippen LogP contribution in [0.3, 0.4) is 0 Å². The molecule has 0 aliphatic rings. The molecule has 0 saturated heterocycles. The molecule has 4 aromatic rings. The van der Waals surface area contributed by atoms with Gasteiger partial charge in [0.15, 0.2) is 0 Å². The number of aromatic amines is 1. The van der Waals surface area contributed by atoms with Crippen molar-refractivity contribution in [2.24, 2.45) is 0 Å². The molecule has 0 amide bonds. The number of hydrogen-bond acceptors (Lipinski definition) is 4. The van der Waals surface area contributed by atoms with Crippen LogP contribution in [0.2, 0.25) is 0 Å². The molecule has 0 bridgehead atoms. The maximum absolute atomic E-state index is 13.0. The Kier molecular flexibility index (Phi) is 6.53. The van der Waals surface area contributed by atoms with Crippen LogP contribution in [0, 0.1) is 0 Å². The van der Waals surface area contributed by atoms with Gasteiger partial charge in [0.2, 0.25) is 0 Å². The summed E-state index contributed by atoms with van der Waals surface area (Å²) in [5, 5.41) is 0. The fourth-order valence-electron chi connectivity index (χ4n) is 3.45. The van der Waals surface area contributed by atoms with E-state index in [0.717, 1.165) is 15.9 Å². The Hall–Kier alpha value is -4.22. The summed E-state index contributed by atoms with van der Waals surface area (Å²) in [5.74, 6) is -0.631. The second-order valence-corrected chi connectivity index (χ2v) is 7.77. The third kappa shape index (κ3) is 5.88. The molecule has 0 saturated carbocycles. The Morgan fingerprint density at radius 3 is 1.97 bits per heavy atom. The molecule has 12 heteroatoms. The van der Waals surface area contributed by atoms with E-state index in [1.165, 1.54) is 12.1 Å². The molecule has 1 aromatic heterocycles. The van der Waals surface area contributed by atoms with E-state index in [-0.39, 0.29) is 23.9 Å². The van der Waals surface area contributed by atoms with E-state index >= 15 is 0 Å². The Bertz CT molecular complexity index is 1450. The molecule has 188 valence electrons. The number of H-pyrrole nitrogens is 1. The highest BCUT2D eigenvalue weighted by molar-refractivity contribution is 5.65. The van der Waals surface area contributed by atoms with Gasteiger partial charge in [0.25, 0.3) is 0 Å². The lowest BCUT2D eigenvalue weighted by molar-refractivity contribution is -0.143. The number of ether oxygens (including phenoxy) is 1. The van der Waals surface area contributed by atoms with Crippen molar-refractivity contribution in [3.05, 3.63) is 110 Å². The van der Waals surface area contributed by atoms with Gasteiger partial charge < -0.3 is 9.26 Å². The molecule has 0 radical (unpaired) electrons. The minimum Gasteiger partial charge on any atom is -0.489 e. The lowest BCUT2D eigenvalue weighted by Crippen LogP contribution is -2.17. The molecule has 0 unspecified atom stereocenters. The second-order valence-electron chi connectivity index (χ2n) is 7.77. The summed E-state index contributed by atoms with van der Waals surface area (Å²) in [7, 11) is 0. The minimum atomic E-state index is -4.94. The van der Waals surface area contributed by atoms with Gasteiger partial charge in [-0.05, 0) is 58.7 Å². The minimum absolute atomic E-state index is 0.0174. The predicted molar refractivity (Wildman–Crippen MR) is 115 cm³/mol. The fourth-order valence-corrected chi connectivity index (χ4v) is 3.45. The van der Waals surface area contributed by atoms with Crippen LogP contribution in [0.15, 0.2) is 80.8 Å². The standard InChI is InChI=1S/C24H16F6N2O4/c25-23(26,27)18-9-15(10-19(11-18)24(28,29)30)13-35-20-6-4-16(5-7-20)17-3-1-2-14(8-17)12-32-21(33)31-22(34)36-32/h1-11H,12-13H2,(H,31,33,34). The van der Waals surface area contributed by atoms with Crippen molar-refractivity contribution in [1.29, 1.82) is 0 Å². The summed E-state index contributed by atoms with van der Waals surface area (Å²) in [6.45, 7) is -0.484. The lowest BCUT2D eigenvalue weighted by atomic mass is 10.0. The first-order valence-electron chi connectivity index (χ1n) is 10.3. The van der Waals surface area contributed by atoms with E-state index in [2.05, 4.69) is 0 Å². The lowest BCUT2D eigenvalue weighted by Gasteiger charge is -2.15. The molecule has 0 aliphatic heterocycles. The molecule has 36 heavy (non-hydrogen) atoms. The molecule has 1 N–H and O–H groups in total. The molecule has 3 aromatic carbocycles. The average molecular weight is 510 g/mol. The SMILES string of the molecule is O=c1[nH]c(=O)n(Cc2cccc(-c3ccc(OCc4cc(C(F)(F)F)cc(C(F)(F)F)c4)cc3)c2)o1. The average Bonchev–Trinajstić information content (AvgIpc) is 3.13. The number of aromatic nitrogens is 2. The van der Waals surface area contributed by atoms with Crippen molar-refractivity contribution < 1.29 is 35.6 Å². The van der Waals surface area contributed by atoms with E-state index in [1.54, 1.807) is 36.4 Å². The van der Waals surface area contributed by atoms with E-state index in [9.17, 15) is 35.9 Å². The summed E-state index contributed by atoms with van der Waals surface area (Å²) < 4.78 is 89.2. The highest BCUT2D eigenvalue weighted by Crippen LogP contribution is 2.36. The Morgan fingerprint density at radius 2 is 1.42 bits per heavy atom. The van der Waals surface area contributed by atoms with Gasteiger partial charge in [-0.3, -0.25) is 0 Å². The van der Waals surface area contributed by atoms with Gasteiger partial charge in [0, 0.05) is 0 Å². The third-order valence-electron chi connectivity index (χ3n) is 5.12. The number of nitrogens with one attached hydrogen (secondary N) is 1. The van der Waals surface area contributed by atoms with Gasteiger partial charge in [0.1, 0.15) is 12.4 Å². The molecule has 1 heterocycles. The number of rotatable bonds is 6. The largest absolute Gasteiger partial charge is 0.489 e. The molecule has 4 rings (SSSR count). The Morgan fingerprint density at radius 1 is 0.778 bits per heavy atom. The van der Waals surface area contributed by atoms with Crippen LogP contribution in [0.1, 0.15) is 22.3 Å². The molecule has 0 aliphatic carbocycles. The van der Waals surface area contributed by atoms with Crippen LogP contribution in [0.25, 0.3) is 11.1 Å². The van der Waals surface area contributed by atoms with Gasteiger partial charge in [-0.1, -0.05) is 30.3 Å². The molecule has 0 spiro atoms. The number of alkyl halides is 6. The van der Waals surface area contributed by atoms with Crippen LogP contribution in [0.4, 0.5) is 26.3 Å². The predicted octanol–water partition coefficient (Wildman–Crippen LogP) is 5.46. The molecular formula is C24H16F6N2O4. The first-order chi connectivity index (χ1) is 16.9. The summed E-state index contributed by atoms with van der Waals surface area (Å²) in [6.07, 6.45) is -9.88. The molecular weight excluding hydrogens is 494 g/mol. The third-order valence-corrected chi connectivity index (χ3v) is 5.12. The second kappa shape index (κ2) is 9.44. The maximum Gasteiger partial charge on any atom is 0.440 e.